The van der Waals surface area contributed by atoms with E-state index >= 15 is 0 Å². The predicted octanol–water partition coefficient (Wildman–Crippen LogP) is 4.33. The summed E-state index contributed by atoms with van der Waals surface area (Å²) in [4.78, 5) is 32.7. The average molecular weight is 541 g/mol. The number of alkyl halides is 3. The molecule has 190 valence electrons. The van der Waals surface area contributed by atoms with E-state index in [1.54, 1.807) is 24.3 Å². The highest BCUT2D eigenvalue weighted by Crippen LogP contribution is 2.50. The van der Waals surface area contributed by atoms with Gasteiger partial charge in [0.25, 0.3) is 5.91 Å². The highest BCUT2D eigenvalue weighted by Gasteiger charge is 2.59. The Bertz CT molecular complexity index is 1420. The highest BCUT2D eigenvalue weighted by atomic mass is 35.5. The maximum atomic E-state index is 13.3. The molecule has 7 nitrogen and oxygen atoms in total. The van der Waals surface area contributed by atoms with Crippen molar-refractivity contribution in [3.63, 3.8) is 0 Å². The molecule has 0 spiro atoms. The number of benzene rings is 1. The van der Waals surface area contributed by atoms with Crippen molar-refractivity contribution in [2.24, 2.45) is 5.92 Å². The van der Waals surface area contributed by atoms with Crippen LogP contribution in [0.1, 0.15) is 30.1 Å². The van der Waals surface area contributed by atoms with Crippen LogP contribution in [-0.4, -0.2) is 51.5 Å². The van der Waals surface area contributed by atoms with Crippen LogP contribution in [0.15, 0.2) is 41.3 Å². The number of fused-ring (bicyclic) bond motifs is 2. The molecule has 3 atom stereocenters. The average Bonchev–Trinajstić information content (AvgIpc) is 3.33. The van der Waals surface area contributed by atoms with Crippen molar-refractivity contribution in [3.05, 3.63) is 62.4 Å². The number of para-hydroxylation sites is 1. The predicted molar refractivity (Wildman–Crippen MR) is 130 cm³/mol. The van der Waals surface area contributed by atoms with E-state index in [9.17, 15) is 27.9 Å². The second-order valence-corrected chi connectivity index (χ2v) is 10.0. The van der Waals surface area contributed by atoms with Crippen LogP contribution in [0, 0.1) is 5.92 Å². The molecule has 3 unspecified atom stereocenters. The molecule has 3 aromatic rings. The standard InChI is InChI=1S/C24H21Cl2F3N4O3/c1-2-17(24(27,28)29)30-22(35)14-10-33(19-15(25)4-3-5-16(19)26)21-13(20(14)34)6-7-18(31-21)32-9-12-8-23(12,36)11-32/h3-7,10,12,17,36H,2,8-9,11H2,1H3,(H,30,35). The number of nitrogens with zero attached hydrogens (tertiary/aromatic N) is 3. The van der Waals surface area contributed by atoms with Crippen LogP contribution in [-0.2, 0) is 0 Å². The van der Waals surface area contributed by atoms with Crippen molar-refractivity contribution in [1.82, 2.24) is 14.9 Å². The second kappa shape index (κ2) is 8.64. The molecule has 1 aliphatic heterocycles. The third kappa shape index (κ3) is 4.21. The number of rotatable bonds is 5. The van der Waals surface area contributed by atoms with Gasteiger partial charge in [0.1, 0.15) is 17.4 Å². The number of halogens is 5. The largest absolute Gasteiger partial charge is 0.408 e. The van der Waals surface area contributed by atoms with E-state index in [0.717, 1.165) is 12.6 Å². The molecule has 1 aromatic carbocycles. The summed E-state index contributed by atoms with van der Waals surface area (Å²) in [5.41, 5.74) is -1.68. The van der Waals surface area contributed by atoms with E-state index in [2.05, 4.69) is 4.98 Å². The molecule has 1 amide bonds. The van der Waals surface area contributed by atoms with Crippen molar-refractivity contribution in [2.45, 2.75) is 37.6 Å². The van der Waals surface area contributed by atoms with Crippen molar-refractivity contribution < 1.29 is 23.1 Å². The summed E-state index contributed by atoms with van der Waals surface area (Å²) in [5.74, 6) is -0.518. The number of aromatic nitrogens is 2. The van der Waals surface area contributed by atoms with E-state index in [1.165, 1.54) is 17.6 Å². The van der Waals surface area contributed by atoms with E-state index < -0.39 is 41.1 Å². The Kier molecular flexibility index (Phi) is 5.96. The number of pyridine rings is 2. The SMILES string of the molecule is CCC(NC(=O)c1cn(-c2c(Cl)cccc2Cl)c2nc(N3CC4CC4(O)C3)ccc2c1=O)C(F)(F)F. The van der Waals surface area contributed by atoms with Crippen molar-refractivity contribution in [2.75, 3.05) is 18.0 Å². The van der Waals surface area contributed by atoms with Gasteiger partial charge >= 0.3 is 6.18 Å². The highest BCUT2D eigenvalue weighted by molar-refractivity contribution is 6.37. The number of carbonyl (C=O) groups excluding carboxylic acids is 1. The molecule has 1 saturated heterocycles. The Labute approximate surface area is 213 Å². The lowest BCUT2D eigenvalue weighted by Gasteiger charge is -2.22. The van der Waals surface area contributed by atoms with Crippen LogP contribution in [0.4, 0.5) is 19.0 Å². The van der Waals surface area contributed by atoms with Gasteiger partial charge in [0, 0.05) is 25.2 Å². The van der Waals surface area contributed by atoms with Crippen molar-refractivity contribution in [3.8, 4) is 5.69 Å². The molecule has 36 heavy (non-hydrogen) atoms. The molecule has 0 radical (unpaired) electrons. The fourth-order valence-corrected chi connectivity index (χ4v) is 5.28. The molecule has 2 aliphatic rings. The number of anilines is 1. The summed E-state index contributed by atoms with van der Waals surface area (Å²) >= 11 is 12.8. The zero-order chi connectivity index (χ0) is 26.0. The fourth-order valence-electron chi connectivity index (χ4n) is 4.70. The number of β-amino-alcohol motifs (C(OH)–C–C–N with tert-alkyl or cyclic N) is 1. The summed E-state index contributed by atoms with van der Waals surface area (Å²) in [6, 6.07) is 5.64. The number of nitrogens with one attached hydrogen (secondary N) is 1. The Morgan fingerprint density at radius 2 is 1.97 bits per heavy atom. The maximum Gasteiger partial charge on any atom is 0.408 e. The Balaban J connectivity index is 1.67. The number of hydrogen-bond donors (Lipinski definition) is 2. The quantitative estimate of drug-likeness (QED) is 0.502. The monoisotopic (exact) mass is 540 g/mol. The Hall–Kier alpha value is -2.82. The van der Waals surface area contributed by atoms with Gasteiger partial charge in [-0.05, 0) is 37.1 Å². The maximum absolute atomic E-state index is 13.3. The third-order valence-corrected chi connectivity index (χ3v) is 7.41. The summed E-state index contributed by atoms with van der Waals surface area (Å²) in [6.45, 7) is 2.27. The van der Waals surface area contributed by atoms with Gasteiger partial charge in [-0.25, -0.2) is 4.98 Å². The van der Waals surface area contributed by atoms with Crippen molar-refractivity contribution in [1.29, 1.82) is 0 Å². The second-order valence-electron chi connectivity index (χ2n) is 9.21. The van der Waals surface area contributed by atoms with Crippen LogP contribution in [0.25, 0.3) is 16.7 Å². The normalized spacial score (nSPS) is 22.0. The summed E-state index contributed by atoms with van der Waals surface area (Å²) in [6.07, 6.45) is -3.24. The summed E-state index contributed by atoms with van der Waals surface area (Å²) in [7, 11) is 0. The van der Waals surface area contributed by atoms with Gasteiger partial charge in [-0.2, -0.15) is 13.2 Å². The number of amides is 1. The van der Waals surface area contributed by atoms with Crippen LogP contribution >= 0.6 is 23.2 Å². The molecular weight excluding hydrogens is 520 g/mol. The van der Waals surface area contributed by atoms with Crippen molar-refractivity contribution >= 4 is 46.0 Å². The lowest BCUT2D eigenvalue weighted by atomic mass is 10.1. The molecular formula is C24H21Cl2F3N4O3. The van der Waals surface area contributed by atoms with Gasteiger partial charge < -0.3 is 15.3 Å². The van der Waals surface area contributed by atoms with Gasteiger partial charge in [0.15, 0.2) is 5.65 Å². The molecule has 2 N–H and O–H groups in total. The molecule has 0 bridgehead atoms. The third-order valence-electron chi connectivity index (χ3n) is 6.80. The first-order valence-electron chi connectivity index (χ1n) is 11.3. The molecule has 12 heteroatoms. The number of carbonyl (C=O) groups is 1. The number of aliphatic hydroxyl groups is 1. The lowest BCUT2D eigenvalue weighted by molar-refractivity contribution is -0.153. The van der Waals surface area contributed by atoms with E-state index in [-0.39, 0.29) is 32.7 Å². The molecule has 2 fully saturated rings. The lowest BCUT2D eigenvalue weighted by Crippen LogP contribution is -2.46. The number of hydrogen-bond acceptors (Lipinski definition) is 5. The molecule has 1 saturated carbocycles. The van der Waals surface area contributed by atoms with Crippen LogP contribution in [0.2, 0.25) is 10.0 Å². The molecule has 3 heterocycles. The Morgan fingerprint density at radius 1 is 1.28 bits per heavy atom. The summed E-state index contributed by atoms with van der Waals surface area (Å²) < 4.78 is 41.2. The minimum atomic E-state index is -4.68. The molecule has 1 aliphatic carbocycles. The van der Waals surface area contributed by atoms with Gasteiger partial charge in [0.2, 0.25) is 5.43 Å². The van der Waals surface area contributed by atoms with Crippen LogP contribution in [0.3, 0.4) is 0 Å². The smallest absolute Gasteiger partial charge is 0.388 e. The first kappa shape index (κ1) is 24.9. The topological polar surface area (TPSA) is 87.5 Å². The van der Waals surface area contributed by atoms with Crippen LogP contribution in [0.5, 0.6) is 0 Å². The summed E-state index contributed by atoms with van der Waals surface area (Å²) in [5, 5.41) is 12.7. The fraction of sp³-hybridized carbons (Fsp3) is 0.375. The zero-order valence-corrected chi connectivity index (χ0v) is 20.5. The van der Waals surface area contributed by atoms with Gasteiger partial charge in [0.05, 0.1) is 26.7 Å². The Morgan fingerprint density at radius 3 is 2.56 bits per heavy atom. The number of piperidine rings is 1. The van der Waals surface area contributed by atoms with Gasteiger partial charge in [-0.15, -0.1) is 0 Å². The minimum Gasteiger partial charge on any atom is -0.388 e. The first-order chi connectivity index (χ1) is 16.9. The van der Waals surface area contributed by atoms with E-state index in [0.29, 0.717) is 18.9 Å². The van der Waals surface area contributed by atoms with E-state index in [1.807, 2.05) is 10.2 Å². The first-order valence-corrected chi connectivity index (χ1v) is 12.0. The molecule has 2 aromatic heterocycles. The molecule has 5 rings (SSSR count). The van der Waals surface area contributed by atoms with Gasteiger partial charge in [-0.1, -0.05) is 36.2 Å². The van der Waals surface area contributed by atoms with Crippen LogP contribution < -0.4 is 15.6 Å². The minimum absolute atomic E-state index is 0.00510. The van der Waals surface area contributed by atoms with Gasteiger partial charge in [-0.3, -0.25) is 14.2 Å². The van der Waals surface area contributed by atoms with E-state index in [4.69, 9.17) is 23.2 Å². The zero-order valence-electron chi connectivity index (χ0n) is 18.9.